The molecule has 2 amide bonds. The van der Waals surface area contributed by atoms with Gasteiger partial charge in [-0.25, -0.2) is 10.2 Å². The summed E-state index contributed by atoms with van der Waals surface area (Å²) in [6.45, 7) is 2.15. The van der Waals surface area contributed by atoms with Gasteiger partial charge >= 0.3 is 6.03 Å². The molecule has 1 heterocycles. The van der Waals surface area contributed by atoms with E-state index < -0.39 is 0 Å². The molecule has 1 aromatic carbocycles. The summed E-state index contributed by atoms with van der Waals surface area (Å²) in [7, 11) is 0. The molecule has 0 radical (unpaired) electrons. The van der Waals surface area contributed by atoms with Crippen LogP contribution in [-0.4, -0.2) is 17.8 Å². The van der Waals surface area contributed by atoms with Crippen LogP contribution in [0.25, 0.3) is 0 Å². The van der Waals surface area contributed by atoms with E-state index in [4.69, 9.17) is 0 Å². The number of benzene rings is 1. The Balaban J connectivity index is 1.33. The van der Waals surface area contributed by atoms with E-state index in [0.29, 0.717) is 0 Å². The Morgan fingerprint density at radius 3 is 2.57 bits per heavy atom. The summed E-state index contributed by atoms with van der Waals surface area (Å²) >= 11 is 1.61. The Labute approximate surface area is 170 Å². The van der Waals surface area contributed by atoms with Gasteiger partial charge in [0.25, 0.3) is 0 Å². The van der Waals surface area contributed by atoms with Crippen molar-refractivity contribution in [2.45, 2.75) is 56.4 Å². The summed E-state index contributed by atoms with van der Waals surface area (Å²) in [5, 5.41) is 9.47. The number of hydrazone groups is 1. The highest BCUT2D eigenvalue weighted by Crippen LogP contribution is 2.62. The fraction of sp³-hybridized carbons (Fsp3) is 0.478. The van der Waals surface area contributed by atoms with Crippen molar-refractivity contribution in [1.29, 1.82) is 0 Å². The lowest BCUT2D eigenvalue weighted by Gasteiger charge is -2.62. The normalized spacial score (nSPS) is 33.3. The Hall–Kier alpha value is -2.14. The van der Waals surface area contributed by atoms with Crippen LogP contribution in [0.4, 0.5) is 4.79 Å². The topological polar surface area (TPSA) is 53.5 Å². The number of thiophene rings is 1. The molecule has 2 atom stereocenters. The van der Waals surface area contributed by atoms with Gasteiger partial charge in [-0.05, 0) is 79.7 Å². The predicted molar refractivity (Wildman–Crippen MR) is 114 cm³/mol. The molecule has 1 aromatic heterocycles. The molecule has 4 saturated carbocycles. The van der Waals surface area contributed by atoms with Crippen LogP contribution in [0.15, 0.2) is 46.9 Å². The lowest BCUT2D eigenvalue weighted by atomic mass is 9.45. The second kappa shape index (κ2) is 6.73. The van der Waals surface area contributed by atoms with Gasteiger partial charge in [-0.3, -0.25) is 0 Å². The molecule has 4 aliphatic carbocycles. The van der Waals surface area contributed by atoms with Crippen LogP contribution in [-0.2, 0) is 5.41 Å². The van der Waals surface area contributed by atoms with E-state index in [0.717, 1.165) is 36.0 Å². The number of rotatable bonds is 4. The highest BCUT2D eigenvalue weighted by molar-refractivity contribution is 7.11. The molecule has 146 valence electrons. The fourth-order valence-corrected chi connectivity index (χ4v) is 7.03. The van der Waals surface area contributed by atoms with Crippen molar-refractivity contribution in [3.63, 3.8) is 0 Å². The zero-order valence-corrected chi connectivity index (χ0v) is 17.1. The molecule has 0 aliphatic heterocycles. The van der Waals surface area contributed by atoms with Crippen LogP contribution in [0.2, 0.25) is 0 Å². The van der Waals surface area contributed by atoms with Crippen molar-refractivity contribution in [3.05, 3.63) is 57.8 Å². The number of nitrogens with zero attached hydrogens (tertiary/aromatic N) is 1. The molecule has 0 spiro atoms. The summed E-state index contributed by atoms with van der Waals surface area (Å²) in [5.41, 5.74) is 5.60. The first kappa shape index (κ1) is 17.9. The molecule has 4 fully saturated rings. The van der Waals surface area contributed by atoms with Crippen molar-refractivity contribution in [2.24, 2.45) is 16.9 Å². The van der Waals surface area contributed by atoms with Gasteiger partial charge in [0.05, 0.1) is 6.21 Å². The van der Waals surface area contributed by atoms with E-state index in [-0.39, 0.29) is 17.0 Å². The summed E-state index contributed by atoms with van der Waals surface area (Å²) in [6.07, 6.45) is 8.85. The van der Waals surface area contributed by atoms with E-state index in [2.05, 4.69) is 47.0 Å². The van der Waals surface area contributed by atoms with Gasteiger partial charge in [0, 0.05) is 10.4 Å². The van der Waals surface area contributed by atoms with Crippen molar-refractivity contribution in [2.75, 3.05) is 0 Å². The SMILES string of the molecule is Cc1ccc(C23CC4CC(CC(NC(=O)N/N=C/c5cccs5)(C4)C2)C3)cc1. The Bertz CT molecular complexity index is 873. The Morgan fingerprint density at radius 1 is 1.14 bits per heavy atom. The second-order valence-corrected chi connectivity index (χ2v) is 10.2. The fourth-order valence-electron chi connectivity index (χ4n) is 6.44. The van der Waals surface area contributed by atoms with Gasteiger partial charge in [0.2, 0.25) is 0 Å². The van der Waals surface area contributed by atoms with E-state index in [1.54, 1.807) is 17.6 Å². The number of carbonyl (C=O) groups is 1. The summed E-state index contributed by atoms with van der Waals surface area (Å²) in [5.74, 6) is 1.44. The van der Waals surface area contributed by atoms with Crippen LogP contribution in [0.5, 0.6) is 0 Å². The number of urea groups is 1. The minimum Gasteiger partial charge on any atom is -0.331 e. The first-order valence-electron chi connectivity index (χ1n) is 10.3. The highest BCUT2D eigenvalue weighted by Gasteiger charge is 2.58. The van der Waals surface area contributed by atoms with Gasteiger partial charge in [-0.2, -0.15) is 5.10 Å². The van der Waals surface area contributed by atoms with Gasteiger partial charge < -0.3 is 5.32 Å². The minimum atomic E-state index is -0.172. The number of nitrogens with one attached hydrogen (secondary N) is 2. The van der Waals surface area contributed by atoms with Crippen molar-refractivity contribution in [3.8, 4) is 0 Å². The molecule has 2 unspecified atom stereocenters. The number of carbonyl (C=O) groups excluding carboxylic acids is 1. The molecule has 4 nitrogen and oxygen atoms in total. The highest BCUT2D eigenvalue weighted by atomic mass is 32.1. The largest absolute Gasteiger partial charge is 0.335 e. The maximum absolute atomic E-state index is 12.6. The molecular formula is C23H27N3OS. The van der Waals surface area contributed by atoms with E-state index in [9.17, 15) is 4.79 Å². The molecule has 2 N–H and O–H groups in total. The van der Waals surface area contributed by atoms with Gasteiger partial charge in [-0.1, -0.05) is 35.9 Å². The van der Waals surface area contributed by atoms with Crippen LogP contribution < -0.4 is 10.7 Å². The molecular weight excluding hydrogens is 366 g/mol. The van der Waals surface area contributed by atoms with E-state index in [1.807, 2.05) is 17.5 Å². The molecule has 28 heavy (non-hydrogen) atoms. The molecule has 6 rings (SSSR count). The molecule has 4 aliphatic rings. The van der Waals surface area contributed by atoms with Crippen molar-refractivity contribution < 1.29 is 4.79 Å². The van der Waals surface area contributed by atoms with E-state index in [1.165, 1.54) is 30.4 Å². The first-order valence-corrected chi connectivity index (χ1v) is 11.1. The summed E-state index contributed by atoms with van der Waals surface area (Å²) < 4.78 is 0. The molecule has 0 saturated heterocycles. The van der Waals surface area contributed by atoms with Gasteiger partial charge in [0.1, 0.15) is 0 Å². The average Bonchev–Trinajstić information content (AvgIpc) is 3.14. The third-order valence-corrected chi connectivity index (χ3v) is 7.81. The van der Waals surface area contributed by atoms with Crippen LogP contribution in [0.1, 0.15) is 54.5 Å². The zero-order valence-electron chi connectivity index (χ0n) is 16.3. The predicted octanol–water partition coefficient (Wildman–Crippen LogP) is 4.98. The van der Waals surface area contributed by atoms with Crippen LogP contribution in [0, 0.1) is 18.8 Å². The minimum absolute atomic E-state index is 0.0858. The maximum atomic E-state index is 12.6. The van der Waals surface area contributed by atoms with E-state index >= 15 is 0 Å². The molecule has 5 heteroatoms. The second-order valence-electron chi connectivity index (χ2n) is 9.23. The summed E-state index contributed by atoms with van der Waals surface area (Å²) in [4.78, 5) is 13.6. The number of hydrogen-bond acceptors (Lipinski definition) is 3. The van der Waals surface area contributed by atoms with Gasteiger partial charge in [-0.15, -0.1) is 11.3 Å². The van der Waals surface area contributed by atoms with Crippen molar-refractivity contribution in [1.82, 2.24) is 10.7 Å². The van der Waals surface area contributed by atoms with Gasteiger partial charge in [0.15, 0.2) is 0 Å². The third-order valence-electron chi connectivity index (χ3n) is 7.00. The molecule has 4 bridgehead atoms. The maximum Gasteiger partial charge on any atom is 0.335 e. The van der Waals surface area contributed by atoms with Crippen molar-refractivity contribution >= 4 is 23.6 Å². The quantitative estimate of drug-likeness (QED) is 0.559. The number of amides is 2. The number of aryl methyl sites for hydroxylation is 1. The first-order chi connectivity index (χ1) is 13.5. The monoisotopic (exact) mass is 393 g/mol. The third kappa shape index (κ3) is 3.26. The molecule has 2 aromatic rings. The summed E-state index contributed by atoms with van der Waals surface area (Å²) in [6, 6.07) is 12.9. The smallest absolute Gasteiger partial charge is 0.331 e. The lowest BCUT2D eigenvalue weighted by molar-refractivity contribution is -0.0349. The van der Waals surface area contributed by atoms with Crippen LogP contribution in [0.3, 0.4) is 0 Å². The number of hydrogen-bond donors (Lipinski definition) is 2. The Kier molecular flexibility index (Phi) is 4.31. The zero-order chi connectivity index (χ0) is 19.2. The Morgan fingerprint density at radius 2 is 1.89 bits per heavy atom. The lowest BCUT2D eigenvalue weighted by Crippen LogP contribution is -2.65. The van der Waals surface area contributed by atoms with Crippen LogP contribution >= 0.6 is 11.3 Å². The average molecular weight is 394 g/mol. The standard InChI is InChI=1S/C23H27N3OS/c1-16-4-6-19(7-5-16)22-10-17-9-18(11-22)13-23(12-17,15-22)25-21(27)26-24-14-20-3-2-8-28-20/h2-8,14,17-18H,9-13,15H2,1H3,(H2,25,26,27)/b24-14+.